The summed E-state index contributed by atoms with van der Waals surface area (Å²) in [4.78, 5) is 2.46. The summed E-state index contributed by atoms with van der Waals surface area (Å²) in [5.41, 5.74) is 22.7. The summed E-state index contributed by atoms with van der Waals surface area (Å²) in [6.45, 7) is 0. The molecule has 2 aliphatic carbocycles. The number of rotatable bonds is 5. The number of hydrogen-bond donors (Lipinski definition) is 0. The van der Waals surface area contributed by atoms with E-state index in [2.05, 4.69) is 266 Å². The average Bonchev–Trinajstić information content (AvgIpc) is 4.08. The summed E-state index contributed by atoms with van der Waals surface area (Å²) in [6, 6.07) is 99.1. The summed E-state index contributed by atoms with van der Waals surface area (Å²) in [7, 11) is 0. The summed E-state index contributed by atoms with van der Waals surface area (Å²) in [6.07, 6.45) is 0. The van der Waals surface area contributed by atoms with Crippen LogP contribution in [0.3, 0.4) is 0 Å². The highest BCUT2D eigenvalue weighted by molar-refractivity contribution is 6.10. The van der Waals surface area contributed by atoms with Gasteiger partial charge in [-0.1, -0.05) is 212 Å². The number of fused-ring (bicyclic) bond motifs is 21. The minimum absolute atomic E-state index is 0.557. The van der Waals surface area contributed by atoms with Crippen LogP contribution in [-0.2, 0) is 10.8 Å². The Morgan fingerprint density at radius 2 is 0.654 bits per heavy atom. The monoisotopic (exact) mass is 995 g/mol. The second-order valence-corrected chi connectivity index (χ2v) is 20.9. The van der Waals surface area contributed by atoms with Crippen LogP contribution in [0.25, 0.3) is 66.4 Å². The van der Waals surface area contributed by atoms with Crippen molar-refractivity contribution in [1.82, 2.24) is 0 Å². The molecule has 0 saturated heterocycles. The Morgan fingerprint density at radius 1 is 0.269 bits per heavy atom. The smallest absolute Gasteiger partial charge is 0.143 e. The highest BCUT2D eigenvalue weighted by Crippen LogP contribution is 2.66. The molecular weight excluding hydrogens is 951 g/mol. The molecule has 4 heteroatoms. The number of furan rings is 1. The second-order valence-electron chi connectivity index (χ2n) is 20.9. The van der Waals surface area contributed by atoms with E-state index in [1.54, 1.807) is 0 Å². The Hall–Kier alpha value is -10.2. The zero-order valence-electron chi connectivity index (χ0n) is 42.2. The predicted octanol–water partition coefficient (Wildman–Crippen LogP) is 19.3. The van der Waals surface area contributed by atoms with E-state index < -0.39 is 10.8 Å². The Bertz CT molecular complexity index is 4550. The Kier molecular flexibility index (Phi) is 8.94. The summed E-state index contributed by atoms with van der Waals surface area (Å²) >= 11 is 0. The molecule has 12 aromatic carbocycles. The molecular formula is C74H45NO3. The van der Waals surface area contributed by atoms with Gasteiger partial charge in [0.2, 0.25) is 0 Å². The lowest BCUT2D eigenvalue weighted by atomic mass is 9.66. The van der Waals surface area contributed by atoms with Gasteiger partial charge >= 0.3 is 0 Å². The zero-order chi connectivity index (χ0) is 51.1. The van der Waals surface area contributed by atoms with Gasteiger partial charge in [-0.25, -0.2) is 0 Å². The normalized spacial score (nSPS) is 14.1. The van der Waals surface area contributed by atoms with Gasteiger partial charge in [-0.2, -0.15) is 0 Å². The van der Waals surface area contributed by atoms with Crippen molar-refractivity contribution in [2.75, 3.05) is 4.90 Å². The first-order valence-corrected chi connectivity index (χ1v) is 26.8. The number of hydrogen-bond acceptors (Lipinski definition) is 4. The maximum Gasteiger partial charge on any atom is 0.143 e. The molecule has 0 N–H and O–H groups in total. The third-order valence-electron chi connectivity index (χ3n) is 17.2. The van der Waals surface area contributed by atoms with Crippen molar-refractivity contribution in [3.63, 3.8) is 0 Å². The minimum atomic E-state index is -0.620. The highest BCUT2D eigenvalue weighted by Gasteiger charge is 2.53. The lowest BCUT2D eigenvalue weighted by Crippen LogP contribution is -2.32. The lowest BCUT2D eigenvalue weighted by molar-refractivity contribution is 0.436. The molecule has 0 atom stereocenters. The van der Waals surface area contributed by atoms with Crippen molar-refractivity contribution in [3.8, 4) is 67.5 Å². The van der Waals surface area contributed by atoms with Crippen molar-refractivity contribution >= 4 is 39.0 Å². The topological polar surface area (TPSA) is 34.8 Å². The fraction of sp³-hybridized carbons (Fsp3) is 0.0270. The van der Waals surface area contributed by atoms with E-state index in [9.17, 15) is 0 Å². The van der Waals surface area contributed by atoms with Gasteiger partial charge in [0.1, 0.15) is 34.2 Å². The number of ether oxygens (including phenoxy) is 2. The molecule has 364 valence electrons. The molecule has 0 fully saturated rings. The van der Waals surface area contributed by atoms with E-state index in [1.807, 2.05) is 12.1 Å². The Morgan fingerprint density at radius 3 is 1.22 bits per heavy atom. The summed E-state index contributed by atoms with van der Waals surface area (Å²) < 4.78 is 20.0. The van der Waals surface area contributed by atoms with Crippen LogP contribution in [0, 0.1) is 0 Å². The van der Waals surface area contributed by atoms with E-state index in [1.165, 1.54) is 50.1 Å². The second kappa shape index (κ2) is 16.2. The van der Waals surface area contributed by atoms with Gasteiger partial charge in [-0.05, 0) is 116 Å². The minimum Gasteiger partial charge on any atom is -0.457 e. The predicted molar refractivity (Wildman–Crippen MR) is 314 cm³/mol. The standard InChI is InChI=1S/C74H45NO3/c1-4-24-56-54(19-1)70-50(21-16-30-62(70)73(56)58-26-6-11-34-66(58)76-67-35-12-7-27-59(67)73)46-38-42-48(43-39-46)75(49-44-40-47(41-45-49)51-22-15-23-53-52-18-3-10-33-65(52)78-72(51)53)64-32-17-31-63-71(64)55-20-2-5-25-57(55)74(63)60-28-8-13-36-68(60)77-69-37-14-9-29-61(69)74/h1-45H. The molecule has 17 rings (SSSR count). The number of nitrogens with zero attached hydrogens (tertiary/aromatic N) is 1. The largest absolute Gasteiger partial charge is 0.457 e. The zero-order valence-corrected chi connectivity index (χ0v) is 42.2. The first-order valence-electron chi connectivity index (χ1n) is 26.8. The fourth-order valence-corrected chi connectivity index (χ4v) is 14.2. The Balaban J connectivity index is 0.867. The van der Waals surface area contributed by atoms with E-state index in [0.29, 0.717) is 0 Å². The van der Waals surface area contributed by atoms with Crippen LogP contribution in [0.4, 0.5) is 17.1 Å². The summed E-state index contributed by atoms with van der Waals surface area (Å²) in [5, 5.41) is 2.23. The maximum absolute atomic E-state index is 6.74. The SMILES string of the molecule is c1ccc2c(c1)Oc1ccccc1C21c2ccccc2-c2c(-c3ccc(N(c4ccc(-c5cccc6c5oc5ccccc56)cc4)c4cccc5c4-c4ccccc4C54c5ccccc5Oc5ccccc54)cc3)cccc21. The first-order chi connectivity index (χ1) is 38.7. The van der Waals surface area contributed by atoms with Crippen LogP contribution in [0.1, 0.15) is 44.5 Å². The van der Waals surface area contributed by atoms with E-state index in [4.69, 9.17) is 13.9 Å². The molecule has 3 heterocycles. The van der Waals surface area contributed by atoms with Gasteiger partial charge in [0.05, 0.1) is 16.5 Å². The van der Waals surface area contributed by atoms with Crippen LogP contribution in [0.5, 0.6) is 23.0 Å². The van der Waals surface area contributed by atoms with Crippen LogP contribution in [0.2, 0.25) is 0 Å². The van der Waals surface area contributed by atoms with Gasteiger partial charge in [0.25, 0.3) is 0 Å². The van der Waals surface area contributed by atoms with Gasteiger partial charge in [-0.15, -0.1) is 0 Å². The van der Waals surface area contributed by atoms with Gasteiger partial charge in [0.15, 0.2) is 0 Å². The molecule has 13 aromatic rings. The van der Waals surface area contributed by atoms with Gasteiger partial charge in [0, 0.05) is 55.5 Å². The lowest BCUT2D eigenvalue weighted by Gasteiger charge is -2.39. The summed E-state index contributed by atoms with van der Waals surface area (Å²) in [5.74, 6) is 3.52. The molecule has 4 nitrogen and oxygen atoms in total. The third-order valence-corrected chi connectivity index (χ3v) is 17.2. The molecule has 2 aliphatic heterocycles. The van der Waals surface area contributed by atoms with Crippen LogP contribution < -0.4 is 14.4 Å². The van der Waals surface area contributed by atoms with Gasteiger partial charge < -0.3 is 18.8 Å². The highest BCUT2D eigenvalue weighted by atomic mass is 16.5. The Labute approximate surface area is 451 Å². The van der Waals surface area contributed by atoms with Crippen molar-refractivity contribution < 1.29 is 13.9 Å². The van der Waals surface area contributed by atoms with Crippen molar-refractivity contribution in [3.05, 3.63) is 317 Å². The van der Waals surface area contributed by atoms with Gasteiger partial charge in [-0.3, -0.25) is 0 Å². The van der Waals surface area contributed by atoms with E-state index in [0.717, 1.165) is 101 Å². The van der Waals surface area contributed by atoms with E-state index >= 15 is 0 Å². The maximum atomic E-state index is 6.74. The van der Waals surface area contributed by atoms with Crippen LogP contribution in [0.15, 0.2) is 277 Å². The van der Waals surface area contributed by atoms with Crippen molar-refractivity contribution in [2.24, 2.45) is 0 Å². The van der Waals surface area contributed by atoms with Crippen molar-refractivity contribution in [1.29, 1.82) is 0 Å². The molecule has 0 amide bonds. The fourth-order valence-electron chi connectivity index (χ4n) is 14.2. The molecule has 0 radical (unpaired) electrons. The van der Waals surface area contributed by atoms with E-state index in [-0.39, 0.29) is 0 Å². The van der Waals surface area contributed by atoms with Crippen LogP contribution >= 0.6 is 0 Å². The quantitative estimate of drug-likeness (QED) is 0.172. The molecule has 0 unspecified atom stereocenters. The molecule has 78 heavy (non-hydrogen) atoms. The molecule has 4 aliphatic rings. The number of benzene rings is 12. The molecule has 0 saturated carbocycles. The number of anilines is 3. The van der Waals surface area contributed by atoms with Crippen molar-refractivity contribution in [2.45, 2.75) is 10.8 Å². The molecule has 1 aromatic heterocycles. The molecule has 2 spiro atoms. The average molecular weight is 996 g/mol. The molecule has 0 bridgehead atoms. The first kappa shape index (κ1) is 43.1. The van der Waals surface area contributed by atoms with Crippen LogP contribution in [-0.4, -0.2) is 0 Å². The third kappa shape index (κ3) is 5.68. The number of para-hydroxylation sites is 6.